The van der Waals surface area contributed by atoms with Crippen LogP contribution in [0.3, 0.4) is 0 Å². The summed E-state index contributed by atoms with van der Waals surface area (Å²) in [6.45, 7) is 6.34. The van der Waals surface area contributed by atoms with E-state index in [-0.39, 0.29) is 11.3 Å². The quantitative estimate of drug-likeness (QED) is 0.908. The van der Waals surface area contributed by atoms with Crippen LogP contribution in [-0.4, -0.2) is 30.6 Å². The number of aromatic nitrogens is 1. The first-order valence-corrected chi connectivity index (χ1v) is 8.35. The van der Waals surface area contributed by atoms with Crippen LogP contribution in [0.15, 0.2) is 6.20 Å². The van der Waals surface area contributed by atoms with Crippen LogP contribution < -0.4 is 5.32 Å². The molecule has 0 radical (unpaired) electrons. The molecule has 1 aromatic rings. The Morgan fingerprint density at radius 1 is 1.43 bits per heavy atom. The molecule has 2 aliphatic rings. The molecule has 3 rings (SSSR count). The fourth-order valence-corrected chi connectivity index (χ4v) is 3.57. The number of carbonyl (C=O) groups excluding carboxylic acids is 1. The second-order valence-corrected chi connectivity index (χ2v) is 7.50. The van der Waals surface area contributed by atoms with E-state index in [9.17, 15) is 4.79 Å². The van der Waals surface area contributed by atoms with E-state index >= 15 is 0 Å². The standard InChI is InChI=1S/C15H22N2O3S/c1-15(2,10-4-3-5-10)9-17-12(18)11-8-16-13(21-11)14-19-6-7-20-14/h8,10,14H,3-7,9H2,1-2H3,(H,17,18). The van der Waals surface area contributed by atoms with Gasteiger partial charge in [0.25, 0.3) is 5.91 Å². The number of thiazole rings is 1. The molecule has 21 heavy (non-hydrogen) atoms. The smallest absolute Gasteiger partial charge is 0.263 e. The minimum atomic E-state index is -0.400. The van der Waals surface area contributed by atoms with Crippen LogP contribution in [-0.2, 0) is 9.47 Å². The van der Waals surface area contributed by atoms with Crippen molar-refractivity contribution in [2.45, 2.75) is 39.4 Å². The number of hydrogen-bond acceptors (Lipinski definition) is 5. The van der Waals surface area contributed by atoms with Gasteiger partial charge in [-0.3, -0.25) is 4.79 Å². The first kappa shape index (κ1) is 14.9. The third-order valence-corrected chi connectivity index (χ3v) is 5.50. The van der Waals surface area contributed by atoms with Crippen LogP contribution in [0, 0.1) is 11.3 Å². The molecule has 1 saturated heterocycles. The maximum absolute atomic E-state index is 12.2. The number of ether oxygens (including phenoxy) is 2. The predicted octanol–water partition coefficient (Wildman–Crippen LogP) is 2.74. The Labute approximate surface area is 129 Å². The van der Waals surface area contributed by atoms with Crippen molar-refractivity contribution in [2.24, 2.45) is 11.3 Å². The van der Waals surface area contributed by atoms with Crippen molar-refractivity contribution in [1.29, 1.82) is 0 Å². The Hall–Kier alpha value is -0.980. The van der Waals surface area contributed by atoms with Crippen molar-refractivity contribution in [2.75, 3.05) is 19.8 Å². The fraction of sp³-hybridized carbons (Fsp3) is 0.733. The number of carbonyl (C=O) groups is 1. The predicted molar refractivity (Wildman–Crippen MR) is 80.2 cm³/mol. The summed E-state index contributed by atoms with van der Waals surface area (Å²) in [6, 6.07) is 0. The first-order valence-electron chi connectivity index (χ1n) is 7.53. The molecular weight excluding hydrogens is 288 g/mol. The zero-order valence-electron chi connectivity index (χ0n) is 12.6. The highest BCUT2D eigenvalue weighted by atomic mass is 32.1. The van der Waals surface area contributed by atoms with E-state index in [1.807, 2.05) is 0 Å². The summed E-state index contributed by atoms with van der Waals surface area (Å²) in [6.07, 6.45) is 5.09. The highest BCUT2D eigenvalue weighted by Crippen LogP contribution is 2.41. The maximum Gasteiger partial charge on any atom is 0.263 e. The minimum absolute atomic E-state index is 0.0517. The largest absolute Gasteiger partial charge is 0.351 e. The summed E-state index contributed by atoms with van der Waals surface area (Å²) >= 11 is 1.34. The lowest BCUT2D eigenvalue weighted by atomic mass is 9.67. The van der Waals surface area contributed by atoms with Gasteiger partial charge >= 0.3 is 0 Å². The van der Waals surface area contributed by atoms with E-state index in [2.05, 4.69) is 24.1 Å². The van der Waals surface area contributed by atoms with Crippen LogP contribution in [0.4, 0.5) is 0 Å². The van der Waals surface area contributed by atoms with Crippen molar-refractivity contribution < 1.29 is 14.3 Å². The minimum Gasteiger partial charge on any atom is -0.351 e. The summed E-state index contributed by atoms with van der Waals surface area (Å²) in [4.78, 5) is 17.1. The van der Waals surface area contributed by atoms with E-state index < -0.39 is 6.29 Å². The molecule has 1 aliphatic heterocycles. The average Bonchev–Trinajstić information content (AvgIpc) is 3.03. The molecule has 5 nitrogen and oxygen atoms in total. The van der Waals surface area contributed by atoms with Gasteiger partial charge in [0.2, 0.25) is 6.29 Å². The molecule has 1 aromatic heterocycles. The summed E-state index contributed by atoms with van der Waals surface area (Å²) < 4.78 is 10.8. The Balaban J connectivity index is 1.55. The summed E-state index contributed by atoms with van der Waals surface area (Å²) in [5.41, 5.74) is 0.166. The molecule has 1 aliphatic carbocycles. The molecule has 116 valence electrons. The van der Waals surface area contributed by atoms with E-state index in [4.69, 9.17) is 9.47 Å². The number of hydrogen-bond donors (Lipinski definition) is 1. The molecular formula is C15H22N2O3S. The fourth-order valence-electron chi connectivity index (χ4n) is 2.73. The second-order valence-electron chi connectivity index (χ2n) is 6.44. The van der Waals surface area contributed by atoms with Crippen molar-refractivity contribution in [3.63, 3.8) is 0 Å². The van der Waals surface area contributed by atoms with Gasteiger partial charge in [-0.2, -0.15) is 0 Å². The van der Waals surface area contributed by atoms with Gasteiger partial charge in [-0.25, -0.2) is 4.98 Å². The molecule has 0 bridgehead atoms. The Kier molecular flexibility index (Phi) is 4.28. The van der Waals surface area contributed by atoms with Gasteiger partial charge < -0.3 is 14.8 Å². The number of amides is 1. The number of nitrogens with zero attached hydrogens (tertiary/aromatic N) is 1. The lowest BCUT2D eigenvalue weighted by Gasteiger charge is -2.40. The molecule has 0 spiro atoms. The van der Waals surface area contributed by atoms with Gasteiger partial charge in [0.1, 0.15) is 9.88 Å². The third kappa shape index (κ3) is 3.27. The van der Waals surface area contributed by atoms with Crippen molar-refractivity contribution in [1.82, 2.24) is 10.3 Å². The van der Waals surface area contributed by atoms with Gasteiger partial charge in [0.15, 0.2) is 0 Å². The average molecular weight is 310 g/mol. The monoisotopic (exact) mass is 310 g/mol. The molecule has 1 N–H and O–H groups in total. The van der Waals surface area contributed by atoms with Gasteiger partial charge in [0.05, 0.1) is 19.4 Å². The number of rotatable bonds is 5. The second kappa shape index (κ2) is 6.02. The lowest BCUT2D eigenvalue weighted by Crippen LogP contribution is -2.40. The Morgan fingerprint density at radius 2 is 2.14 bits per heavy atom. The molecule has 0 unspecified atom stereocenters. The highest BCUT2D eigenvalue weighted by Gasteiger charge is 2.34. The van der Waals surface area contributed by atoms with Crippen molar-refractivity contribution in [3.05, 3.63) is 16.1 Å². The first-order chi connectivity index (χ1) is 10.1. The van der Waals surface area contributed by atoms with Crippen molar-refractivity contribution >= 4 is 17.2 Å². The van der Waals surface area contributed by atoms with Crippen LogP contribution in [0.1, 0.15) is 54.1 Å². The van der Waals surface area contributed by atoms with Gasteiger partial charge in [0, 0.05) is 6.54 Å². The molecule has 1 saturated carbocycles. The SMILES string of the molecule is CC(C)(CNC(=O)c1cnc(C2OCCO2)s1)C1CCC1. The zero-order chi connectivity index (χ0) is 14.9. The molecule has 6 heteroatoms. The molecule has 1 amide bonds. The third-order valence-electron chi connectivity index (χ3n) is 4.49. The van der Waals surface area contributed by atoms with Crippen LogP contribution in [0.25, 0.3) is 0 Å². The van der Waals surface area contributed by atoms with Gasteiger partial charge in [-0.1, -0.05) is 20.3 Å². The molecule has 2 fully saturated rings. The van der Waals surface area contributed by atoms with Crippen LogP contribution >= 0.6 is 11.3 Å². The summed E-state index contributed by atoms with van der Waals surface area (Å²) in [7, 11) is 0. The van der Waals surface area contributed by atoms with E-state index in [1.165, 1.54) is 30.6 Å². The summed E-state index contributed by atoms with van der Waals surface area (Å²) in [5.74, 6) is 0.680. The molecule has 0 aromatic carbocycles. The molecule has 2 heterocycles. The van der Waals surface area contributed by atoms with Crippen molar-refractivity contribution in [3.8, 4) is 0 Å². The number of nitrogens with one attached hydrogen (secondary N) is 1. The Bertz CT molecular complexity index is 505. The van der Waals surface area contributed by atoms with Crippen LogP contribution in [0.5, 0.6) is 0 Å². The topological polar surface area (TPSA) is 60.5 Å². The lowest BCUT2D eigenvalue weighted by molar-refractivity contribution is -0.0442. The van der Waals surface area contributed by atoms with E-state index in [0.717, 1.165) is 10.9 Å². The van der Waals surface area contributed by atoms with E-state index in [1.54, 1.807) is 6.20 Å². The normalized spacial score (nSPS) is 20.5. The molecule has 0 atom stereocenters. The van der Waals surface area contributed by atoms with Gasteiger partial charge in [-0.15, -0.1) is 11.3 Å². The highest BCUT2D eigenvalue weighted by molar-refractivity contribution is 7.13. The zero-order valence-corrected chi connectivity index (χ0v) is 13.4. The Morgan fingerprint density at radius 3 is 2.76 bits per heavy atom. The maximum atomic E-state index is 12.2. The van der Waals surface area contributed by atoms with Gasteiger partial charge in [-0.05, 0) is 24.2 Å². The van der Waals surface area contributed by atoms with E-state index in [0.29, 0.717) is 24.6 Å². The van der Waals surface area contributed by atoms with Crippen LogP contribution in [0.2, 0.25) is 0 Å². The summed E-state index contributed by atoms with van der Waals surface area (Å²) in [5, 5.41) is 3.76.